The lowest BCUT2D eigenvalue weighted by Gasteiger charge is -1.97. The van der Waals surface area contributed by atoms with Crippen LogP contribution in [0.5, 0.6) is 0 Å². The van der Waals surface area contributed by atoms with Gasteiger partial charge in [0.05, 0.1) is 16.7 Å². The van der Waals surface area contributed by atoms with Gasteiger partial charge in [-0.05, 0) is 18.4 Å². The molecular formula is C9H8N2S. The number of pyridine rings is 2. The molecule has 2 aromatic heterocycles. The molecule has 0 fully saturated rings. The van der Waals surface area contributed by atoms with Gasteiger partial charge in [0.2, 0.25) is 0 Å². The summed E-state index contributed by atoms with van der Waals surface area (Å²) < 4.78 is 0. The minimum Gasteiger partial charge on any atom is -0.262 e. The van der Waals surface area contributed by atoms with E-state index in [1.165, 1.54) is 0 Å². The van der Waals surface area contributed by atoms with Crippen LogP contribution < -0.4 is 0 Å². The minimum absolute atomic E-state index is 0.962. The van der Waals surface area contributed by atoms with E-state index in [0.717, 1.165) is 15.9 Å². The SMILES string of the molecule is CSc1ccc2ccncc2n1. The molecular weight excluding hydrogens is 168 g/mol. The van der Waals surface area contributed by atoms with Crippen LogP contribution >= 0.6 is 11.8 Å². The third-order valence-electron chi connectivity index (χ3n) is 1.68. The van der Waals surface area contributed by atoms with Gasteiger partial charge in [0, 0.05) is 11.6 Å². The topological polar surface area (TPSA) is 25.8 Å². The Morgan fingerprint density at radius 3 is 3.00 bits per heavy atom. The van der Waals surface area contributed by atoms with Gasteiger partial charge in [-0.15, -0.1) is 11.8 Å². The summed E-state index contributed by atoms with van der Waals surface area (Å²) in [5, 5.41) is 2.18. The van der Waals surface area contributed by atoms with Crippen molar-refractivity contribution >= 4 is 22.7 Å². The maximum Gasteiger partial charge on any atom is 0.0965 e. The first-order chi connectivity index (χ1) is 5.90. The van der Waals surface area contributed by atoms with Crippen molar-refractivity contribution in [2.75, 3.05) is 6.26 Å². The second-order valence-electron chi connectivity index (χ2n) is 2.42. The van der Waals surface area contributed by atoms with Crippen LogP contribution in [0.25, 0.3) is 10.9 Å². The Balaban J connectivity index is 2.67. The molecule has 0 unspecified atom stereocenters. The van der Waals surface area contributed by atoms with Gasteiger partial charge < -0.3 is 0 Å². The predicted octanol–water partition coefficient (Wildman–Crippen LogP) is 2.35. The number of thioether (sulfide) groups is 1. The largest absolute Gasteiger partial charge is 0.262 e. The Labute approximate surface area is 75.0 Å². The van der Waals surface area contributed by atoms with Crippen molar-refractivity contribution in [1.29, 1.82) is 0 Å². The Kier molecular flexibility index (Phi) is 1.96. The molecule has 0 spiro atoms. The van der Waals surface area contributed by atoms with Gasteiger partial charge in [0.1, 0.15) is 0 Å². The number of rotatable bonds is 1. The molecule has 0 aliphatic carbocycles. The molecule has 0 aromatic carbocycles. The van der Waals surface area contributed by atoms with E-state index in [1.54, 1.807) is 24.2 Å². The van der Waals surface area contributed by atoms with Crippen LogP contribution in [0.4, 0.5) is 0 Å². The molecule has 0 saturated carbocycles. The second-order valence-corrected chi connectivity index (χ2v) is 3.25. The summed E-state index contributed by atoms with van der Waals surface area (Å²) in [5.74, 6) is 0. The number of nitrogens with zero attached hydrogens (tertiary/aromatic N) is 2. The predicted molar refractivity (Wildman–Crippen MR) is 51.3 cm³/mol. The Morgan fingerprint density at radius 1 is 1.25 bits per heavy atom. The van der Waals surface area contributed by atoms with Crippen molar-refractivity contribution in [2.24, 2.45) is 0 Å². The lowest BCUT2D eigenvalue weighted by atomic mass is 10.3. The van der Waals surface area contributed by atoms with Crippen molar-refractivity contribution in [3.8, 4) is 0 Å². The van der Waals surface area contributed by atoms with E-state index in [-0.39, 0.29) is 0 Å². The number of aromatic nitrogens is 2. The van der Waals surface area contributed by atoms with Crippen molar-refractivity contribution < 1.29 is 0 Å². The first-order valence-electron chi connectivity index (χ1n) is 3.65. The highest BCUT2D eigenvalue weighted by molar-refractivity contribution is 7.98. The van der Waals surface area contributed by atoms with Gasteiger partial charge in [-0.2, -0.15) is 0 Å². The average molecular weight is 176 g/mol. The zero-order valence-corrected chi connectivity index (χ0v) is 7.51. The van der Waals surface area contributed by atoms with Gasteiger partial charge in [-0.3, -0.25) is 4.98 Å². The maximum atomic E-state index is 4.39. The van der Waals surface area contributed by atoms with Crippen molar-refractivity contribution in [3.05, 3.63) is 30.6 Å². The van der Waals surface area contributed by atoms with Crippen LogP contribution in [0.2, 0.25) is 0 Å². The fraction of sp³-hybridized carbons (Fsp3) is 0.111. The molecule has 0 atom stereocenters. The molecule has 60 valence electrons. The Morgan fingerprint density at radius 2 is 2.17 bits per heavy atom. The molecule has 0 aliphatic heterocycles. The molecule has 0 radical (unpaired) electrons. The summed E-state index contributed by atoms with van der Waals surface area (Å²) in [6.07, 6.45) is 5.59. The van der Waals surface area contributed by atoms with Crippen molar-refractivity contribution in [3.63, 3.8) is 0 Å². The molecule has 0 saturated heterocycles. The third kappa shape index (κ3) is 1.28. The van der Waals surface area contributed by atoms with E-state index in [2.05, 4.69) is 16.0 Å². The van der Waals surface area contributed by atoms with Crippen molar-refractivity contribution in [2.45, 2.75) is 5.03 Å². The molecule has 2 heterocycles. The minimum atomic E-state index is 0.962. The quantitative estimate of drug-likeness (QED) is 0.624. The zero-order valence-electron chi connectivity index (χ0n) is 6.69. The summed E-state index contributed by atoms with van der Waals surface area (Å²) in [5.41, 5.74) is 0.962. The molecule has 0 aliphatic rings. The van der Waals surface area contributed by atoms with Crippen LogP contribution in [0, 0.1) is 0 Å². The highest BCUT2D eigenvalue weighted by Gasteiger charge is 1.95. The van der Waals surface area contributed by atoms with Gasteiger partial charge in [0.15, 0.2) is 0 Å². The molecule has 0 N–H and O–H groups in total. The maximum absolute atomic E-state index is 4.39. The summed E-state index contributed by atoms with van der Waals surface area (Å²) in [4.78, 5) is 8.41. The number of hydrogen-bond acceptors (Lipinski definition) is 3. The molecule has 0 bridgehead atoms. The first-order valence-corrected chi connectivity index (χ1v) is 4.87. The van der Waals surface area contributed by atoms with E-state index in [4.69, 9.17) is 0 Å². The summed E-state index contributed by atoms with van der Waals surface area (Å²) in [6, 6.07) is 6.05. The third-order valence-corrected chi connectivity index (χ3v) is 2.32. The van der Waals surface area contributed by atoms with E-state index < -0.39 is 0 Å². The Bertz CT molecular complexity index is 400. The van der Waals surface area contributed by atoms with Crippen LogP contribution in [0.3, 0.4) is 0 Å². The van der Waals surface area contributed by atoms with Crippen LogP contribution in [0.15, 0.2) is 35.6 Å². The lowest BCUT2D eigenvalue weighted by Crippen LogP contribution is -1.82. The molecule has 3 heteroatoms. The van der Waals surface area contributed by atoms with Crippen LogP contribution in [0.1, 0.15) is 0 Å². The van der Waals surface area contributed by atoms with Crippen molar-refractivity contribution in [1.82, 2.24) is 9.97 Å². The molecule has 2 aromatic rings. The molecule has 12 heavy (non-hydrogen) atoms. The van der Waals surface area contributed by atoms with E-state index in [1.807, 2.05) is 18.4 Å². The van der Waals surface area contributed by atoms with Gasteiger partial charge in [-0.1, -0.05) is 6.07 Å². The smallest absolute Gasteiger partial charge is 0.0965 e. The fourth-order valence-corrected chi connectivity index (χ4v) is 1.46. The van der Waals surface area contributed by atoms with E-state index in [0.29, 0.717) is 0 Å². The average Bonchev–Trinajstić information content (AvgIpc) is 2.17. The second kappa shape index (κ2) is 3.11. The fourth-order valence-electron chi connectivity index (χ4n) is 1.06. The zero-order chi connectivity index (χ0) is 8.39. The van der Waals surface area contributed by atoms with Gasteiger partial charge in [0.25, 0.3) is 0 Å². The number of hydrogen-bond donors (Lipinski definition) is 0. The summed E-state index contributed by atoms with van der Waals surface area (Å²) >= 11 is 1.64. The Hall–Kier alpha value is -1.09. The highest BCUT2D eigenvalue weighted by Crippen LogP contribution is 2.16. The van der Waals surface area contributed by atoms with E-state index in [9.17, 15) is 0 Å². The molecule has 2 rings (SSSR count). The standard InChI is InChI=1S/C9H8N2S/c1-12-9-3-2-7-4-5-10-6-8(7)11-9/h2-6H,1H3. The van der Waals surface area contributed by atoms with Crippen LogP contribution in [-0.2, 0) is 0 Å². The summed E-state index contributed by atoms with van der Waals surface area (Å²) in [6.45, 7) is 0. The monoisotopic (exact) mass is 176 g/mol. The lowest BCUT2D eigenvalue weighted by molar-refractivity contribution is 1.18. The summed E-state index contributed by atoms with van der Waals surface area (Å²) in [7, 11) is 0. The van der Waals surface area contributed by atoms with Gasteiger partial charge >= 0.3 is 0 Å². The highest BCUT2D eigenvalue weighted by atomic mass is 32.2. The van der Waals surface area contributed by atoms with Crippen LogP contribution in [-0.4, -0.2) is 16.2 Å². The van der Waals surface area contributed by atoms with Gasteiger partial charge in [-0.25, -0.2) is 4.98 Å². The number of fused-ring (bicyclic) bond motifs is 1. The van der Waals surface area contributed by atoms with E-state index >= 15 is 0 Å². The molecule has 2 nitrogen and oxygen atoms in total. The normalized spacial score (nSPS) is 10.4. The molecule has 0 amide bonds. The first kappa shape index (κ1) is 7.55.